The van der Waals surface area contributed by atoms with E-state index in [1.165, 1.54) is 0 Å². The molecule has 0 aromatic carbocycles. The van der Waals surface area contributed by atoms with Gasteiger partial charge in [0.25, 0.3) is 0 Å². The molecule has 0 bridgehead atoms. The number of rotatable bonds is 5. The number of aliphatic hydroxyl groups excluding tert-OH is 1. The van der Waals surface area contributed by atoms with Gasteiger partial charge in [0, 0.05) is 39.2 Å². The molecule has 0 aliphatic carbocycles. The zero-order valence-corrected chi connectivity index (χ0v) is 13.8. The van der Waals surface area contributed by atoms with E-state index in [1.54, 1.807) is 4.90 Å². The van der Waals surface area contributed by atoms with Crippen LogP contribution in [0.15, 0.2) is 0 Å². The van der Waals surface area contributed by atoms with E-state index >= 15 is 0 Å². The molecule has 0 spiro atoms. The summed E-state index contributed by atoms with van der Waals surface area (Å²) in [5.41, 5.74) is 0. The lowest BCUT2D eigenvalue weighted by Gasteiger charge is -2.39. The Kier molecular flexibility index (Phi) is 6.20. The molecule has 1 N–H and O–H groups in total. The topological polar surface area (TPSA) is 64.1 Å². The van der Waals surface area contributed by atoms with Crippen LogP contribution in [0, 0.1) is 11.8 Å². The summed E-state index contributed by atoms with van der Waals surface area (Å²) in [7, 11) is 4.06. The fourth-order valence-corrected chi connectivity index (χ4v) is 3.60. The van der Waals surface area contributed by atoms with E-state index in [2.05, 4.69) is 4.90 Å². The number of hydrogen-bond acceptors (Lipinski definition) is 4. The first-order chi connectivity index (χ1) is 10.5. The Labute approximate surface area is 133 Å². The monoisotopic (exact) mass is 311 g/mol. The average Bonchev–Trinajstić information content (AvgIpc) is 2.48. The molecular formula is C16H29N3O3. The van der Waals surface area contributed by atoms with Crippen molar-refractivity contribution in [2.45, 2.75) is 25.7 Å². The van der Waals surface area contributed by atoms with Crippen molar-refractivity contribution in [3.63, 3.8) is 0 Å². The highest BCUT2D eigenvalue weighted by molar-refractivity contribution is 5.85. The zero-order chi connectivity index (χ0) is 16.1. The summed E-state index contributed by atoms with van der Waals surface area (Å²) in [4.78, 5) is 30.1. The number of amides is 2. The van der Waals surface area contributed by atoms with Crippen LogP contribution in [-0.2, 0) is 9.59 Å². The smallest absolute Gasteiger partial charge is 0.242 e. The SMILES string of the molecule is CN(C)C[C@@H]1C[C@@H](CO)CN(C(=O)CN2CCCCC2=O)C1. The maximum Gasteiger partial charge on any atom is 0.242 e. The number of likely N-dealkylation sites (tertiary alicyclic amines) is 2. The number of carbonyl (C=O) groups is 2. The van der Waals surface area contributed by atoms with E-state index < -0.39 is 0 Å². The molecule has 2 heterocycles. The predicted molar refractivity (Wildman–Crippen MR) is 84.2 cm³/mol. The summed E-state index contributed by atoms with van der Waals surface area (Å²) >= 11 is 0. The Balaban J connectivity index is 1.93. The summed E-state index contributed by atoms with van der Waals surface area (Å²) in [5.74, 6) is 0.666. The first kappa shape index (κ1) is 17.2. The Bertz CT molecular complexity index is 400. The van der Waals surface area contributed by atoms with Gasteiger partial charge in [-0.25, -0.2) is 0 Å². The van der Waals surface area contributed by atoms with Crippen molar-refractivity contribution in [2.24, 2.45) is 11.8 Å². The van der Waals surface area contributed by atoms with E-state index in [-0.39, 0.29) is 30.9 Å². The van der Waals surface area contributed by atoms with Crippen LogP contribution in [0.1, 0.15) is 25.7 Å². The minimum absolute atomic E-state index is 0.0251. The van der Waals surface area contributed by atoms with E-state index in [1.807, 2.05) is 19.0 Å². The molecule has 2 saturated heterocycles. The fraction of sp³-hybridized carbons (Fsp3) is 0.875. The lowest BCUT2D eigenvalue weighted by molar-refractivity contribution is -0.143. The molecule has 22 heavy (non-hydrogen) atoms. The summed E-state index contributed by atoms with van der Waals surface area (Å²) in [6.07, 6.45) is 3.45. The zero-order valence-electron chi connectivity index (χ0n) is 13.8. The summed E-state index contributed by atoms with van der Waals surface area (Å²) in [5, 5.41) is 9.49. The number of hydrogen-bond donors (Lipinski definition) is 1. The van der Waals surface area contributed by atoms with Crippen LogP contribution < -0.4 is 0 Å². The second-order valence-electron chi connectivity index (χ2n) is 6.98. The first-order valence-electron chi connectivity index (χ1n) is 8.30. The molecule has 2 atom stereocenters. The second-order valence-corrected chi connectivity index (χ2v) is 6.98. The minimum Gasteiger partial charge on any atom is -0.396 e. The summed E-state index contributed by atoms with van der Waals surface area (Å²) < 4.78 is 0. The van der Waals surface area contributed by atoms with Crippen molar-refractivity contribution in [1.29, 1.82) is 0 Å². The average molecular weight is 311 g/mol. The molecule has 6 nitrogen and oxygen atoms in total. The van der Waals surface area contributed by atoms with Gasteiger partial charge in [-0.2, -0.15) is 0 Å². The minimum atomic E-state index is 0.0251. The third-order valence-electron chi connectivity index (χ3n) is 4.61. The van der Waals surface area contributed by atoms with Gasteiger partial charge in [0.15, 0.2) is 0 Å². The predicted octanol–water partition coefficient (Wildman–Crippen LogP) is 0.0175. The Morgan fingerprint density at radius 2 is 2.00 bits per heavy atom. The molecule has 2 fully saturated rings. The molecule has 2 aliphatic heterocycles. The molecular weight excluding hydrogens is 282 g/mol. The molecule has 2 aliphatic rings. The van der Waals surface area contributed by atoms with Crippen LogP contribution in [0.4, 0.5) is 0 Å². The number of piperidine rings is 2. The van der Waals surface area contributed by atoms with Crippen LogP contribution in [-0.4, -0.2) is 85.0 Å². The molecule has 126 valence electrons. The van der Waals surface area contributed by atoms with Crippen molar-refractivity contribution < 1.29 is 14.7 Å². The van der Waals surface area contributed by atoms with Crippen molar-refractivity contribution >= 4 is 11.8 Å². The molecule has 0 radical (unpaired) electrons. The van der Waals surface area contributed by atoms with Crippen molar-refractivity contribution in [2.75, 3.05) is 53.4 Å². The van der Waals surface area contributed by atoms with Crippen molar-refractivity contribution in [3.05, 3.63) is 0 Å². The van der Waals surface area contributed by atoms with Crippen LogP contribution in [0.25, 0.3) is 0 Å². The third-order valence-corrected chi connectivity index (χ3v) is 4.61. The van der Waals surface area contributed by atoms with E-state index in [0.717, 1.165) is 32.4 Å². The van der Waals surface area contributed by atoms with E-state index in [9.17, 15) is 14.7 Å². The fourth-order valence-electron chi connectivity index (χ4n) is 3.60. The summed E-state index contributed by atoms with van der Waals surface area (Å²) in [6.45, 7) is 3.28. The van der Waals surface area contributed by atoms with E-state index in [4.69, 9.17) is 0 Å². The van der Waals surface area contributed by atoms with Gasteiger partial charge < -0.3 is 19.8 Å². The van der Waals surface area contributed by atoms with E-state index in [0.29, 0.717) is 25.4 Å². The summed E-state index contributed by atoms with van der Waals surface area (Å²) in [6, 6.07) is 0. The van der Waals surface area contributed by atoms with Gasteiger partial charge in [-0.1, -0.05) is 0 Å². The quantitative estimate of drug-likeness (QED) is 0.777. The van der Waals surface area contributed by atoms with Crippen molar-refractivity contribution in [3.8, 4) is 0 Å². The molecule has 0 aromatic rings. The molecule has 0 saturated carbocycles. The number of carbonyl (C=O) groups excluding carboxylic acids is 2. The Morgan fingerprint density at radius 1 is 1.27 bits per heavy atom. The maximum atomic E-state index is 12.5. The van der Waals surface area contributed by atoms with Crippen molar-refractivity contribution in [1.82, 2.24) is 14.7 Å². The normalized spacial score (nSPS) is 26.6. The third kappa shape index (κ3) is 4.68. The van der Waals surface area contributed by atoms with Gasteiger partial charge in [-0.05, 0) is 45.2 Å². The van der Waals surface area contributed by atoms with Gasteiger partial charge in [0.1, 0.15) is 0 Å². The Morgan fingerprint density at radius 3 is 2.64 bits per heavy atom. The second kappa shape index (κ2) is 7.92. The first-order valence-corrected chi connectivity index (χ1v) is 8.30. The van der Waals surface area contributed by atoms with Crippen LogP contribution in [0.5, 0.6) is 0 Å². The standard InChI is InChI=1S/C16H29N3O3/c1-17(2)8-13-7-14(12-20)10-19(9-13)16(22)11-18-6-4-3-5-15(18)21/h13-14,20H,3-12H2,1-2H3/t13-,14+/m0/s1. The van der Waals surface area contributed by atoms with Gasteiger partial charge >= 0.3 is 0 Å². The highest BCUT2D eigenvalue weighted by Gasteiger charge is 2.31. The Hall–Kier alpha value is -1.14. The highest BCUT2D eigenvalue weighted by atomic mass is 16.3. The largest absolute Gasteiger partial charge is 0.396 e. The van der Waals surface area contributed by atoms with Gasteiger partial charge in [-0.15, -0.1) is 0 Å². The molecule has 2 rings (SSSR count). The van der Waals surface area contributed by atoms with Crippen LogP contribution >= 0.6 is 0 Å². The van der Waals surface area contributed by atoms with Gasteiger partial charge in [0.2, 0.25) is 11.8 Å². The lowest BCUT2D eigenvalue weighted by atomic mass is 9.89. The molecule has 0 aromatic heterocycles. The van der Waals surface area contributed by atoms with Gasteiger partial charge in [-0.3, -0.25) is 9.59 Å². The molecule has 6 heteroatoms. The van der Waals surface area contributed by atoms with Crippen LogP contribution in [0.2, 0.25) is 0 Å². The number of aliphatic hydroxyl groups is 1. The highest BCUT2D eigenvalue weighted by Crippen LogP contribution is 2.23. The number of nitrogens with zero attached hydrogens (tertiary/aromatic N) is 3. The van der Waals surface area contributed by atoms with Gasteiger partial charge in [0.05, 0.1) is 6.54 Å². The molecule has 0 unspecified atom stereocenters. The lowest BCUT2D eigenvalue weighted by Crippen LogP contribution is -2.51. The maximum absolute atomic E-state index is 12.5. The van der Waals surface area contributed by atoms with Crippen LogP contribution in [0.3, 0.4) is 0 Å². The molecule has 2 amide bonds.